The SMILES string of the molecule is N#C/C(=C\c1cc(Cl)ccc1OCc1ccccc1Cl)C(=O)Nc1ccccc1F. The maximum atomic E-state index is 13.8. The van der Waals surface area contributed by atoms with Crippen LogP contribution in [-0.4, -0.2) is 5.91 Å². The number of anilines is 1. The maximum absolute atomic E-state index is 13.8. The van der Waals surface area contributed by atoms with Crippen molar-refractivity contribution < 1.29 is 13.9 Å². The van der Waals surface area contributed by atoms with Crippen LogP contribution in [0.5, 0.6) is 5.75 Å². The first-order valence-corrected chi connectivity index (χ1v) is 9.57. The number of nitrogens with one attached hydrogen (secondary N) is 1. The first-order chi connectivity index (χ1) is 14.5. The summed E-state index contributed by atoms with van der Waals surface area (Å²) in [6.45, 7) is 0.186. The molecule has 3 aromatic rings. The predicted molar refractivity (Wildman–Crippen MR) is 116 cm³/mol. The number of rotatable bonds is 6. The van der Waals surface area contributed by atoms with Crippen LogP contribution in [0.3, 0.4) is 0 Å². The van der Waals surface area contributed by atoms with Crippen molar-refractivity contribution >= 4 is 40.9 Å². The average Bonchev–Trinajstić information content (AvgIpc) is 2.74. The van der Waals surface area contributed by atoms with Crippen molar-refractivity contribution in [2.75, 3.05) is 5.32 Å². The highest BCUT2D eigenvalue weighted by molar-refractivity contribution is 6.31. The molecule has 7 heteroatoms. The van der Waals surface area contributed by atoms with Crippen molar-refractivity contribution in [2.45, 2.75) is 6.61 Å². The van der Waals surface area contributed by atoms with Crippen molar-refractivity contribution in [3.05, 3.63) is 99.3 Å². The third-order valence-electron chi connectivity index (χ3n) is 4.10. The molecule has 0 atom stereocenters. The third-order valence-corrected chi connectivity index (χ3v) is 4.70. The molecule has 3 rings (SSSR count). The zero-order valence-electron chi connectivity index (χ0n) is 15.5. The minimum absolute atomic E-state index is 0.0232. The molecule has 0 heterocycles. The minimum Gasteiger partial charge on any atom is -0.488 e. The molecule has 1 N–H and O–H groups in total. The van der Waals surface area contributed by atoms with Gasteiger partial charge in [0.05, 0.1) is 5.69 Å². The Bertz CT molecular complexity index is 1160. The normalized spacial score (nSPS) is 10.9. The molecule has 0 saturated carbocycles. The van der Waals surface area contributed by atoms with Gasteiger partial charge in [0.15, 0.2) is 0 Å². The Morgan fingerprint density at radius 1 is 1.10 bits per heavy atom. The first-order valence-electron chi connectivity index (χ1n) is 8.81. The quantitative estimate of drug-likeness (QED) is 0.363. The molecule has 0 fully saturated rings. The van der Waals surface area contributed by atoms with Crippen LogP contribution < -0.4 is 10.1 Å². The van der Waals surface area contributed by atoms with Crippen LogP contribution in [0.1, 0.15) is 11.1 Å². The summed E-state index contributed by atoms with van der Waals surface area (Å²) in [5, 5.41) is 12.8. The highest BCUT2D eigenvalue weighted by Crippen LogP contribution is 2.27. The van der Waals surface area contributed by atoms with Crippen molar-refractivity contribution in [2.24, 2.45) is 0 Å². The largest absolute Gasteiger partial charge is 0.488 e. The number of carbonyl (C=O) groups is 1. The molecular weight excluding hydrogens is 426 g/mol. The minimum atomic E-state index is -0.750. The highest BCUT2D eigenvalue weighted by Gasteiger charge is 2.14. The Morgan fingerprint density at radius 3 is 2.57 bits per heavy atom. The lowest BCUT2D eigenvalue weighted by Crippen LogP contribution is -2.14. The van der Waals surface area contributed by atoms with E-state index in [1.165, 1.54) is 24.3 Å². The van der Waals surface area contributed by atoms with E-state index >= 15 is 0 Å². The predicted octanol–water partition coefficient (Wildman–Crippen LogP) is 6.26. The second-order valence-electron chi connectivity index (χ2n) is 6.17. The van der Waals surface area contributed by atoms with Gasteiger partial charge in [-0.2, -0.15) is 5.26 Å². The first kappa shape index (κ1) is 21.4. The number of benzene rings is 3. The average molecular weight is 441 g/mol. The van der Waals surface area contributed by atoms with Crippen molar-refractivity contribution in [3.8, 4) is 11.8 Å². The number of carbonyl (C=O) groups excluding carboxylic acids is 1. The van der Waals surface area contributed by atoms with Crippen LogP contribution >= 0.6 is 23.2 Å². The van der Waals surface area contributed by atoms with Crippen LogP contribution in [0.15, 0.2) is 72.3 Å². The number of hydrogen-bond acceptors (Lipinski definition) is 3. The van der Waals surface area contributed by atoms with Crippen molar-refractivity contribution in [3.63, 3.8) is 0 Å². The van der Waals surface area contributed by atoms with Crippen LogP contribution in [0.4, 0.5) is 10.1 Å². The molecule has 4 nitrogen and oxygen atoms in total. The van der Waals surface area contributed by atoms with E-state index in [1.807, 2.05) is 24.3 Å². The lowest BCUT2D eigenvalue weighted by molar-refractivity contribution is -0.112. The second kappa shape index (κ2) is 9.93. The summed E-state index contributed by atoms with van der Waals surface area (Å²) in [5.41, 5.74) is 0.949. The van der Waals surface area contributed by atoms with Gasteiger partial charge in [-0.1, -0.05) is 53.5 Å². The Kier molecular flexibility index (Phi) is 7.08. The summed E-state index contributed by atoms with van der Waals surface area (Å²) < 4.78 is 19.6. The lowest BCUT2D eigenvalue weighted by Gasteiger charge is -2.11. The molecule has 3 aromatic carbocycles. The van der Waals surface area contributed by atoms with Gasteiger partial charge in [-0.25, -0.2) is 4.39 Å². The summed E-state index contributed by atoms with van der Waals surface area (Å²) in [4.78, 5) is 12.5. The summed E-state index contributed by atoms with van der Waals surface area (Å²) >= 11 is 12.2. The molecule has 0 saturated heterocycles. The van der Waals surface area contributed by atoms with Gasteiger partial charge in [0.1, 0.15) is 29.8 Å². The second-order valence-corrected chi connectivity index (χ2v) is 7.01. The van der Waals surface area contributed by atoms with Gasteiger partial charge in [0, 0.05) is 21.2 Å². The molecule has 0 aliphatic rings. The zero-order chi connectivity index (χ0) is 21.5. The monoisotopic (exact) mass is 440 g/mol. The van der Waals surface area contributed by atoms with Gasteiger partial charge in [0.2, 0.25) is 0 Å². The smallest absolute Gasteiger partial charge is 0.266 e. The molecule has 0 aromatic heterocycles. The molecular formula is C23H15Cl2FN2O2. The van der Waals surface area contributed by atoms with E-state index in [1.54, 1.807) is 30.3 Å². The van der Waals surface area contributed by atoms with Crippen molar-refractivity contribution in [1.82, 2.24) is 0 Å². The molecule has 0 aliphatic carbocycles. The fourth-order valence-corrected chi connectivity index (χ4v) is 2.96. The highest BCUT2D eigenvalue weighted by atomic mass is 35.5. The topological polar surface area (TPSA) is 62.1 Å². The molecule has 0 radical (unpaired) electrons. The van der Waals surface area contributed by atoms with E-state index in [9.17, 15) is 14.4 Å². The van der Waals surface area contributed by atoms with Crippen LogP contribution in [0.25, 0.3) is 6.08 Å². The summed E-state index contributed by atoms with van der Waals surface area (Å²) in [5.74, 6) is -0.944. The summed E-state index contributed by atoms with van der Waals surface area (Å²) in [7, 11) is 0. The number of para-hydroxylation sites is 1. The molecule has 0 bridgehead atoms. The molecule has 1 amide bonds. The van der Waals surface area contributed by atoms with Gasteiger partial charge in [-0.15, -0.1) is 0 Å². The molecule has 0 spiro atoms. The summed E-state index contributed by atoms with van der Waals surface area (Å²) in [6, 6.07) is 19.6. The van der Waals surface area contributed by atoms with Crippen LogP contribution in [0, 0.1) is 17.1 Å². The van der Waals surface area contributed by atoms with E-state index in [0.717, 1.165) is 5.56 Å². The number of hydrogen-bond donors (Lipinski definition) is 1. The van der Waals surface area contributed by atoms with Crippen LogP contribution in [0.2, 0.25) is 10.0 Å². The Morgan fingerprint density at radius 2 is 1.83 bits per heavy atom. The number of nitriles is 1. The Balaban J connectivity index is 1.86. The number of ether oxygens (including phenoxy) is 1. The number of amides is 1. The third kappa shape index (κ3) is 5.38. The Hall–Kier alpha value is -3.33. The van der Waals surface area contributed by atoms with Crippen LogP contribution in [-0.2, 0) is 11.4 Å². The zero-order valence-corrected chi connectivity index (χ0v) is 17.0. The van der Waals surface area contributed by atoms with Gasteiger partial charge in [-0.3, -0.25) is 4.79 Å². The van der Waals surface area contributed by atoms with E-state index in [4.69, 9.17) is 27.9 Å². The lowest BCUT2D eigenvalue weighted by atomic mass is 10.1. The molecule has 0 unspecified atom stereocenters. The molecule has 0 aliphatic heterocycles. The van der Waals surface area contributed by atoms with E-state index < -0.39 is 11.7 Å². The summed E-state index contributed by atoms with van der Waals surface area (Å²) in [6.07, 6.45) is 1.34. The van der Waals surface area contributed by atoms with Gasteiger partial charge in [0.25, 0.3) is 5.91 Å². The van der Waals surface area contributed by atoms with Gasteiger partial charge < -0.3 is 10.1 Å². The number of halogens is 3. The number of nitrogens with zero attached hydrogens (tertiary/aromatic N) is 1. The Labute approximate surface area is 183 Å². The van der Waals surface area contributed by atoms with Crippen molar-refractivity contribution in [1.29, 1.82) is 5.26 Å². The molecule has 30 heavy (non-hydrogen) atoms. The fourth-order valence-electron chi connectivity index (χ4n) is 2.59. The van der Waals surface area contributed by atoms with Gasteiger partial charge in [-0.05, 0) is 42.5 Å². The fraction of sp³-hybridized carbons (Fsp3) is 0.0435. The molecule has 150 valence electrons. The van der Waals surface area contributed by atoms with E-state index in [0.29, 0.717) is 21.4 Å². The standard InChI is InChI=1S/C23H15Cl2FN2O2/c24-18-9-10-22(30-14-15-5-1-2-6-19(15)25)16(12-18)11-17(13-27)23(29)28-21-8-4-3-7-20(21)26/h1-12H,14H2,(H,28,29)/b17-11+. The van der Waals surface area contributed by atoms with E-state index in [-0.39, 0.29) is 17.9 Å². The van der Waals surface area contributed by atoms with E-state index in [2.05, 4.69) is 5.32 Å². The van der Waals surface area contributed by atoms with Gasteiger partial charge >= 0.3 is 0 Å². The maximum Gasteiger partial charge on any atom is 0.266 e.